The maximum atomic E-state index is 12.4. The number of thiophene rings is 1. The Balaban J connectivity index is 1.29. The summed E-state index contributed by atoms with van der Waals surface area (Å²) in [5.41, 5.74) is 1.74. The highest BCUT2D eigenvalue weighted by atomic mass is 32.1. The summed E-state index contributed by atoms with van der Waals surface area (Å²) in [6.45, 7) is 0.269. The molecule has 0 aliphatic heterocycles. The molecule has 0 atom stereocenters. The van der Waals surface area contributed by atoms with Gasteiger partial charge in [0.15, 0.2) is 5.13 Å². The number of thiazole rings is 1. The number of anilines is 1. The second-order valence-corrected chi connectivity index (χ2v) is 8.50. The van der Waals surface area contributed by atoms with Gasteiger partial charge >= 0.3 is 0 Å². The van der Waals surface area contributed by atoms with E-state index in [0.29, 0.717) is 15.3 Å². The first kappa shape index (κ1) is 18.7. The van der Waals surface area contributed by atoms with E-state index in [-0.39, 0.29) is 24.4 Å². The molecule has 148 valence electrons. The second kappa shape index (κ2) is 7.81. The maximum Gasteiger partial charge on any atom is 0.262 e. The van der Waals surface area contributed by atoms with Crippen LogP contribution in [-0.2, 0) is 11.3 Å². The van der Waals surface area contributed by atoms with Crippen LogP contribution in [0.25, 0.3) is 32.2 Å². The number of benzene rings is 2. The van der Waals surface area contributed by atoms with E-state index in [0.717, 1.165) is 22.0 Å². The molecule has 0 spiro atoms. The molecule has 0 unspecified atom stereocenters. The van der Waals surface area contributed by atoms with Gasteiger partial charge in [0, 0.05) is 23.9 Å². The molecule has 0 radical (unpaired) electrons. The van der Waals surface area contributed by atoms with Crippen LogP contribution in [0.15, 0.2) is 70.4 Å². The molecule has 0 bridgehead atoms. The van der Waals surface area contributed by atoms with E-state index >= 15 is 0 Å². The summed E-state index contributed by atoms with van der Waals surface area (Å²) in [5.74, 6) is -0.189. The highest BCUT2D eigenvalue weighted by Crippen LogP contribution is 2.31. The van der Waals surface area contributed by atoms with Crippen molar-refractivity contribution in [2.75, 3.05) is 5.32 Å². The lowest BCUT2D eigenvalue weighted by atomic mass is 10.0. The highest BCUT2D eigenvalue weighted by molar-refractivity contribution is 7.16. The zero-order chi connectivity index (χ0) is 20.5. The minimum Gasteiger partial charge on any atom is -0.302 e. The molecule has 0 aliphatic carbocycles. The van der Waals surface area contributed by atoms with Crippen molar-refractivity contribution >= 4 is 54.7 Å². The van der Waals surface area contributed by atoms with E-state index < -0.39 is 0 Å². The number of aryl methyl sites for hydroxylation is 1. The fourth-order valence-corrected chi connectivity index (χ4v) is 4.81. The van der Waals surface area contributed by atoms with Crippen LogP contribution in [0.4, 0.5) is 5.13 Å². The lowest BCUT2D eigenvalue weighted by Crippen LogP contribution is -2.23. The first-order chi connectivity index (χ1) is 14.7. The molecule has 2 aromatic carbocycles. The normalized spacial score (nSPS) is 11.2. The van der Waals surface area contributed by atoms with Crippen LogP contribution in [0.2, 0.25) is 0 Å². The molecule has 5 aromatic rings. The Labute approximate surface area is 179 Å². The predicted molar refractivity (Wildman–Crippen MR) is 122 cm³/mol. The van der Waals surface area contributed by atoms with Crippen molar-refractivity contribution in [3.05, 3.63) is 76.0 Å². The monoisotopic (exact) mass is 432 g/mol. The second-order valence-electron chi connectivity index (χ2n) is 6.75. The number of carbonyl (C=O) groups excluding carboxylic acids is 1. The number of carbonyl (C=O) groups is 1. The topological polar surface area (TPSA) is 76.9 Å². The Kier molecular flexibility index (Phi) is 4.86. The molecule has 0 saturated carbocycles. The smallest absolute Gasteiger partial charge is 0.262 e. The number of nitrogens with zero attached hydrogens (tertiary/aromatic N) is 3. The molecule has 8 heteroatoms. The standard InChI is InChI=1S/C22H16N4O2S2/c27-19(8-10-26-13-23-20-17(21(26)28)9-11-29-20)25-22-24-18(12-30-22)16-7-3-5-14-4-1-2-6-15(14)16/h1-7,9,11-13H,8,10H2,(H,24,25,27). The van der Waals surface area contributed by atoms with Crippen LogP contribution in [0.5, 0.6) is 0 Å². The lowest BCUT2D eigenvalue weighted by molar-refractivity contribution is -0.116. The molecule has 1 N–H and O–H groups in total. The van der Waals surface area contributed by atoms with E-state index in [4.69, 9.17) is 0 Å². The van der Waals surface area contributed by atoms with Crippen molar-refractivity contribution in [3.63, 3.8) is 0 Å². The number of fused-ring (bicyclic) bond motifs is 2. The molecular weight excluding hydrogens is 416 g/mol. The predicted octanol–water partition coefficient (Wildman–Crippen LogP) is 4.76. The average Bonchev–Trinajstić information content (AvgIpc) is 3.43. The van der Waals surface area contributed by atoms with E-state index in [1.807, 2.05) is 35.0 Å². The highest BCUT2D eigenvalue weighted by Gasteiger charge is 2.11. The van der Waals surface area contributed by atoms with Crippen LogP contribution in [0, 0.1) is 0 Å². The van der Waals surface area contributed by atoms with Crippen molar-refractivity contribution in [2.24, 2.45) is 0 Å². The molecule has 30 heavy (non-hydrogen) atoms. The van der Waals surface area contributed by atoms with Gasteiger partial charge in [-0.2, -0.15) is 0 Å². The molecule has 3 heterocycles. The van der Waals surface area contributed by atoms with Gasteiger partial charge in [-0.3, -0.25) is 14.2 Å². The first-order valence-electron chi connectivity index (χ1n) is 9.35. The van der Waals surface area contributed by atoms with E-state index in [1.54, 1.807) is 6.07 Å². The van der Waals surface area contributed by atoms with Crippen LogP contribution >= 0.6 is 22.7 Å². The Bertz CT molecular complexity index is 1430. The molecular formula is C22H16N4O2S2. The summed E-state index contributed by atoms with van der Waals surface area (Å²) in [7, 11) is 0. The van der Waals surface area contributed by atoms with Gasteiger partial charge in [-0.15, -0.1) is 22.7 Å². The van der Waals surface area contributed by atoms with Gasteiger partial charge in [0.1, 0.15) is 4.83 Å². The number of hydrogen-bond donors (Lipinski definition) is 1. The SMILES string of the molecule is O=C(CCn1cnc2sccc2c1=O)Nc1nc(-c2cccc3ccccc23)cs1. The Morgan fingerprint density at radius 3 is 2.83 bits per heavy atom. The number of amides is 1. The fourth-order valence-electron chi connectivity index (χ4n) is 3.36. The minimum absolute atomic E-state index is 0.124. The molecule has 6 nitrogen and oxygen atoms in total. The third-order valence-corrected chi connectivity index (χ3v) is 6.42. The molecule has 0 aliphatic rings. The van der Waals surface area contributed by atoms with Gasteiger partial charge in [-0.1, -0.05) is 42.5 Å². The van der Waals surface area contributed by atoms with Crippen molar-refractivity contribution in [1.29, 1.82) is 0 Å². The van der Waals surface area contributed by atoms with Gasteiger partial charge in [0.05, 0.1) is 17.4 Å². The zero-order valence-electron chi connectivity index (χ0n) is 15.7. The first-order valence-corrected chi connectivity index (χ1v) is 11.1. The quantitative estimate of drug-likeness (QED) is 0.434. The summed E-state index contributed by atoms with van der Waals surface area (Å²) in [5, 5.41) is 10.0. The van der Waals surface area contributed by atoms with Crippen molar-refractivity contribution in [2.45, 2.75) is 13.0 Å². The van der Waals surface area contributed by atoms with Crippen LogP contribution in [0.3, 0.4) is 0 Å². The van der Waals surface area contributed by atoms with Gasteiger partial charge in [-0.25, -0.2) is 9.97 Å². The van der Waals surface area contributed by atoms with Crippen molar-refractivity contribution < 1.29 is 4.79 Å². The van der Waals surface area contributed by atoms with Gasteiger partial charge < -0.3 is 5.32 Å². The summed E-state index contributed by atoms with van der Waals surface area (Å²) in [6, 6.07) is 16.0. The van der Waals surface area contributed by atoms with Crippen molar-refractivity contribution in [1.82, 2.24) is 14.5 Å². The summed E-state index contributed by atoms with van der Waals surface area (Å²) in [6.07, 6.45) is 1.66. The Hall–Kier alpha value is -3.36. The van der Waals surface area contributed by atoms with Crippen LogP contribution < -0.4 is 10.9 Å². The number of aromatic nitrogens is 3. The largest absolute Gasteiger partial charge is 0.302 e. The average molecular weight is 433 g/mol. The summed E-state index contributed by atoms with van der Waals surface area (Å²) >= 11 is 2.81. The van der Waals surface area contributed by atoms with Crippen molar-refractivity contribution in [3.8, 4) is 11.3 Å². The van der Waals surface area contributed by atoms with Gasteiger partial charge in [0.2, 0.25) is 5.91 Å². The zero-order valence-corrected chi connectivity index (χ0v) is 17.4. The number of nitrogens with one attached hydrogen (secondary N) is 1. The summed E-state index contributed by atoms with van der Waals surface area (Å²) in [4.78, 5) is 34.4. The molecule has 3 aromatic heterocycles. The molecule has 1 amide bonds. The minimum atomic E-state index is -0.189. The third-order valence-electron chi connectivity index (χ3n) is 4.85. The van der Waals surface area contributed by atoms with Crippen LogP contribution in [0.1, 0.15) is 6.42 Å². The maximum absolute atomic E-state index is 12.4. The fraction of sp³-hybridized carbons (Fsp3) is 0.0909. The van der Waals surface area contributed by atoms with E-state index in [1.165, 1.54) is 33.6 Å². The third kappa shape index (κ3) is 3.51. The molecule has 0 fully saturated rings. The summed E-state index contributed by atoms with van der Waals surface area (Å²) < 4.78 is 1.47. The number of rotatable bonds is 5. The van der Waals surface area contributed by atoms with Gasteiger partial charge in [-0.05, 0) is 22.2 Å². The van der Waals surface area contributed by atoms with E-state index in [2.05, 4.69) is 33.5 Å². The lowest BCUT2D eigenvalue weighted by Gasteiger charge is -2.05. The molecule has 5 rings (SSSR count). The van der Waals surface area contributed by atoms with Gasteiger partial charge in [0.25, 0.3) is 5.56 Å². The molecule has 0 saturated heterocycles. The number of hydrogen-bond acceptors (Lipinski definition) is 6. The Morgan fingerprint density at radius 1 is 1.03 bits per heavy atom. The van der Waals surface area contributed by atoms with Crippen LogP contribution in [-0.4, -0.2) is 20.4 Å². The van der Waals surface area contributed by atoms with E-state index in [9.17, 15) is 9.59 Å². The Morgan fingerprint density at radius 2 is 1.90 bits per heavy atom.